The molecule has 0 saturated carbocycles. The fourth-order valence-electron chi connectivity index (χ4n) is 3.18. The molecule has 0 spiro atoms. The molecule has 1 atom stereocenters. The summed E-state index contributed by atoms with van der Waals surface area (Å²) in [5.74, 6) is -0.936. The van der Waals surface area contributed by atoms with Crippen molar-refractivity contribution in [3.05, 3.63) is 49.8 Å². The van der Waals surface area contributed by atoms with Gasteiger partial charge in [0.2, 0.25) is 0 Å². The second kappa shape index (κ2) is 7.56. The van der Waals surface area contributed by atoms with Gasteiger partial charge in [0.1, 0.15) is 11.5 Å². The lowest BCUT2D eigenvalue weighted by atomic mass is 10.0. The van der Waals surface area contributed by atoms with Crippen LogP contribution >= 0.6 is 34.5 Å². The summed E-state index contributed by atoms with van der Waals surface area (Å²) < 4.78 is 0. The molecule has 0 fully saturated rings. The molecule has 5 nitrogen and oxygen atoms in total. The van der Waals surface area contributed by atoms with Gasteiger partial charge in [-0.25, -0.2) is 0 Å². The molecule has 0 aliphatic carbocycles. The third-order valence-corrected chi connectivity index (χ3v) is 6.35. The van der Waals surface area contributed by atoms with Crippen LogP contribution in [0.25, 0.3) is 0 Å². The Kier molecular flexibility index (Phi) is 5.58. The van der Waals surface area contributed by atoms with Crippen molar-refractivity contribution >= 4 is 51.4 Å². The van der Waals surface area contributed by atoms with Crippen LogP contribution in [0.1, 0.15) is 45.0 Å². The molecule has 0 radical (unpaired) electrons. The van der Waals surface area contributed by atoms with Crippen LogP contribution in [-0.4, -0.2) is 24.4 Å². The normalized spacial score (nSPS) is 16.4. The molecule has 8 heteroatoms. The highest BCUT2D eigenvalue weighted by Gasteiger charge is 2.30. The fourth-order valence-corrected chi connectivity index (χ4v) is 4.86. The van der Waals surface area contributed by atoms with Gasteiger partial charge in [-0.3, -0.25) is 9.59 Å². The molecular weight excluding hydrogens is 393 g/mol. The Bertz CT molecular complexity index is 880. The van der Waals surface area contributed by atoms with Gasteiger partial charge in [0.25, 0.3) is 11.8 Å². The number of fused-ring (bicyclic) bond motifs is 1. The van der Waals surface area contributed by atoms with Crippen LogP contribution in [0.15, 0.2) is 18.2 Å². The maximum atomic E-state index is 12.6. The van der Waals surface area contributed by atoms with E-state index in [1.165, 1.54) is 22.3 Å². The first kappa shape index (κ1) is 19.2. The fraction of sp³-hybridized carbons (Fsp3) is 0.333. The molecule has 2 amide bonds. The van der Waals surface area contributed by atoms with Gasteiger partial charge in [-0.1, -0.05) is 23.2 Å². The Morgan fingerprint density at radius 1 is 1.31 bits per heavy atom. The van der Waals surface area contributed by atoms with Crippen molar-refractivity contribution in [1.29, 1.82) is 0 Å². The molecule has 4 N–H and O–H groups in total. The molecular formula is C18H20Cl2N3O2S+. The van der Waals surface area contributed by atoms with Crippen LogP contribution < -0.4 is 16.0 Å². The Balaban J connectivity index is 1.94. The summed E-state index contributed by atoms with van der Waals surface area (Å²) in [4.78, 5) is 27.2. The zero-order chi connectivity index (χ0) is 19.0. The maximum Gasteiger partial charge on any atom is 0.257 e. The van der Waals surface area contributed by atoms with E-state index >= 15 is 0 Å². The zero-order valence-electron chi connectivity index (χ0n) is 14.5. The number of rotatable bonds is 4. The van der Waals surface area contributed by atoms with E-state index < -0.39 is 11.8 Å². The monoisotopic (exact) mass is 412 g/mol. The van der Waals surface area contributed by atoms with E-state index in [-0.39, 0.29) is 5.56 Å². The Hall–Kier alpha value is -1.60. The van der Waals surface area contributed by atoms with Crippen LogP contribution in [0.2, 0.25) is 10.0 Å². The third-order valence-electron chi connectivity index (χ3n) is 4.64. The van der Waals surface area contributed by atoms with Crippen LogP contribution in [0, 0.1) is 0 Å². The molecule has 2 aromatic rings. The van der Waals surface area contributed by atoms with Gasteiger partial charge < -0.3 is 16.0 Å². The van der Waals surface area contributed by atoms with E-state index in [1.54, 1.807) is 12.1 Å². The predicted molar refractivity (Wildman–Crippen MR) is 106 cm³/mol. The van der Waals surface area contributed by atoms with Crippen LogP contribution in [0.4, 0.5) is 5.00 Å². The highest BCUT2D eigenvalue weighted by atomic mass is 35.5. The van der Waals surface area contributed by atoms with Crippen molar-refractivity contribution < 1.29 is 14.5 Å². The molecule has 26 heavy (non-hydrogen) atoms. The smallest absolute Gasteiger partial charge is 0.257 e. The minimum Gasteiger partial charge on any atom is -0.365 e. The minimum absolute atomic E-state index is 0.260. The van der Waals surface area contributed by atoms with Gasteiger partial charge in [-0.15, -0.1) is 11.3 Å². The van der Waals surface area contributed by atoms with E-state index in [0.717, 1.165) is 30.0 Å². The molecule has 1 aromatic carbocycles. The van der Waals surface area contributed by atoms with Crippen molar-refractivity contribution in [2.45, 2.75) is 32.9 Å². The number of halogens is 2. The highest BCUT2D eigenvalue weighted by molar-refractivity contribution is 7.17. The molecule has 2 heterocycles. The summed E-state index contributed by atoms with van der Waals surface area (Å²) in [6.07, 6.45) is 0.769. The Morgan fingerprint density at radius 3 is 2.69 bits per heavy atom. The molecule has 0 saturated heterocycles. The Morgan fingerprint density at radius 2 is 2.04 bits per heavy atom. The number of nitrogens with two attached hydrogens (primary N) is 1. The molecule has 1 aliphatic heterocycles. The summed E-state index contributed by atoms with van der Waals surface area (Å²) in [6.45, 7) is 6.11. The number of anilines is 1. The second-order valence-corrected chi connectivity index (χ2v) is 8.59. The molecule has 138 valence electrons. The third kappa shape index (κ3) is 3.74. The summed E-state index contributed by atoms with van der Waals surface area (Å²) in [5.41, 5.74) is 7.24. The van der Waals surface area contributed by atoms with E-state index in [2.05, 4.69) is 19.2 Å². The number of amides is 2. The van der Waals surface area contributed by atoms with E-state index in [9.17, 15) is 9.59 Å². The number of hydrogen-bond donors (Lipinski definition) is 3. The van der Waals surface area contributed by atoms with E-state index in [4.69, 9.17) is 28.9 Å². The molecule has 1 unspecified atom stereocenters. The summed E-state index contributed by atoms with van der Waals surface area (Å²) >= 11 is 13.5. The molecule has 0 bridgehead atoms. The number of hydrogen-bond acceptors (Lipinski definition) is 3. The lowest BCUT2D eigenvalue weighted by molar-refractivity contribution is -0.936. The average Bonchev–Trinajstić information content (AvgIpc) is 2.93. The highest BCUT2D eigenvalue weighted by Crippen LogP contribution is 2.35. The summed E-state index contributed by atoms with van der Waals surface area (Å²) in [7, 11) is 0. The number of primary amides is 1. The van der Waals surface area contributed by atoms with Gasteiger partial charge in [0, 0.05) is 11.4 Å². The number of carbonyl (C=O) groups is 2. The van der Waals surface area contributed by atoms with E-state index in [1.807, 2.05) is 0 Å². The number of thiophene rings is 1. The number of benzene rings is 1. The van der Waals surface area contributed by atoms with Crippen LogP contribution in [-0.2, 0) is 13.0 Å². The largest absolute Gasteiger partial charge is 0.365 e. The SMILES string of the molecule is CC(C)[NH+]1CCc2c(sc(NC(=O)c3cc(Cl)ccc3Cl)c2C(N)=O)C1. The second-order valence-electron chi connectivity index (χ2n) is 6.64. The first-order chi connectivity index (χ1) is 12.3. The van der Waals surface area contributed by atoms with Crippen LogP contribution in [0.3, 0.4) is 0 Å². The first-order valence-corrected chi connectivity index (χ1v) is 9.90. The van der Waals surface area contributed by atoms with Crippen LogP contribution in [0.5, 0.6) is 0 Å². The Labute approximate surface area is 166 Å². The summed E-state index contributed by atoms with van der Waals surface area (Å²) in [5, 5.41) is 3.99. The minimum atomic E-state index is -0.525. The average molecular weight is 413 g/mol. The molecule has 1 aliphatic rings. The standard InChI is InChI=1S/C18H19Cl2N3O2S/c1-9(2)23-6-5-11-14(8-23)26-18(15(11)16(21)24)22-17(25)12-7-10(19)3-4-13(12)20/h3-4,7,9H,5-6,8H2,1-2H3,(H2,21,24)(H,22,25)/p+1. The molecule has 1 aromatic heterocycles. The van der Waals surface area contributed by atoms with E-state index in [0.29, 0.717) is 26.7 Å². The lowest BCUT2D eigenvalue weighted by Gasteiger charge is -2.27. The van der Waals surface area contributed by atoms with Gasteiger partial charge >= 0.3 is 0 Å². The van der Waals surface area contributed by atoms with Gasteiger partial charge in [0.15, 0.2) is 0 Å². The number of nitrogens with one attached hydrogen (secondary N) is 2. The van der Waals surface area contributed by atoms with Gasteiger partial charge in [-0.2, -0.15) is 0 Å². The van der Waals surface area contributed by atoms with Gasteiger partial charge in [0.05, 0.1) is 33.6 Å². The van der Waals surface area contributed by atoms with Gasteiger partial charge in [-0.05, 0) is 37.6 Å². The predicted octanol–water partition coefficient (Wildman–Crippen LogP) is 2.76. The topological polar surface area (TPSA) is 76.6 Å². The molecule has 3 rings (SSSR count). The van der Waals surface area contributed by atoms with Crippen molar-refractivity contribution in [3.63, 3.8) is 0 Å². The quantitative estimate of drug-likeness (QED) is 0.721. The first-order valence-electron chi connectivity index (χ1n) is 8.33. The van der Waals surface area contributed by atoms with Crippen molar-refractivity contribution in [3.8, 4) is 0 Å². The van der Waals surface area contributed by atoms with Crippen molar-refractivity contribution in [2.75, 3.05) is 11.9 Å². The lowest BCUT2D eigenvalue weighted by Crippen LogP contribution is -3.14. The summed E-state index contributed by atoms with van der Waals surface area (Å²) in [6, 6.07) is 5.17. The van der Waals surface area contributed by atoms with Crippen molar-refractivity contribution in [2.24, 2.45) is 5.73 Å². The zero-order valence-corrected chi connectivity index (χ0v) is 16.8. The number of carbonyl (C=O) groups excluding carboxylic acids is 2. The van der Waals surface area contributed by atoms with Crippen molar-refractivity contribution in [1.82, 2.24) is 0 Å². The number of quaternary nitrogens is 1. The maximum absolute atomic E-state index is 12.6.